The van der Waals surface area contributed by atoms with Crippen LogP contribution in [0.15, 0.2) is 48.5 Å². The summed E-state index contributed by atoms with van der Waals surface area (Å²) in [4.78, 5) is 0. The highest BCUT2D eigenvalue weighted by Crippen LogP contribution is 2.20. The summed E-state index contributed by atoms with van der Waals surface area (Å²) in [5.41, 5.74) is 1.53. The average Bonchev–Trinajstić information content (AvgIpc) is 2.66. The van der Waals surface area contributed by atoms with Crippen molar-refractivity contribution < 1.29 is 23.0 Å². The lowest BCUT2D eigenvalue weighted by molar-refractivity contribution is 0.155. The Morgan fingerprint density at radius 2 is 1.69 bits per heavy atom. The van der Waals surface area contributed by atoms with Gasteiger partial charge in [0.25, 0.3) is 0 Å². The number of nitrogens with zero attached hydrogens (tertiary/aromatic N) is 1. The lowest BCUT2D eigenvalue weighted by atomic mass is 10.1. The normalized spacial score (nSPS) is 12.8. The van der Waals surface area contributed by atoms with Crippen LogP contribution in [0.2, 0.25) is 0 Å². The second-order valence-corrected chi connectivity index (χ2v) is 8.18. The Morgan fingerprint density at radius 1 is 1.04 bits per heavy atom. The van der Waals surface area contributed by atoms with Crippen LogP contribution in [-0.4, -0.2) is 51.4 Å². The molecule has 0 saturated heterocycles. The van der Waals surface area contributed by atoms with Gasteiger partial charge in [-0.2, -0.15) is 0 Å². The largest absolute Gasteiger partial charge is 0.497 e. The maximum absolute atomic E-state index is 12.5. The summed E-state index contributed by atoms with van der Waals surface area (Å²) < 4.78 is 36.4. The van der Waals surface area contributed by atoms with Gasteiger partial charge in [-0.15, -0.1) is 0 Å². The maximum Gasteiger partial charge on any atom is 0.214 e. The van der Waals surface area contributed by atoms with Crippen molar-refractivity contribution in [2.45, 2.75) is 12.5 Å². The van der Waals surface area contributed by atoms with E-state index in [2.05, 4.69) is 0 Å². The van der Waals surface area contributed by atoms with E-state index in [0.29, 0.717) is 23.5 Å². The van der Waals surface area contributed by atoms with Crippen molar-refractivity contribution in [1.29, 1.82) is 0 Å². The second kappa shape index (κ2) is 9.02. The fourth-order valence-corrected chi connectivity index (χ4v) is 3.69. The van der Waals surface area contributed by atoms with Crippen LogP contribution in [0.1, 0.15) is 17.2 Å². The van der Waals surface area contributed by atoms with Gasteiger partial charge in [-0.25, -0.2) is 12.7 Å². The van der Waals surface area contributed by atoms with E-state index in [4.69, 9.17) is 9.47 Å². The van der Waals surface area contributed by atoms with Gasteiger partial charge in [0.15, 0.2) is 0 Å². The van der Waals surface area contributed by atoms with Crippen molar-refractivity contribution in [3.63, 3.8) is 0 Å². The molecule has 1 N–H and O–H groups in total. The second-order valence-electron chi connectivity index (χ2n) is 5.99. The van der Waals surface area contributed by atoms with Crippen LogP contribution in [-0.2, 0) is 16.4 Å². The first kappa shape index (κ1) is 20.2. The Balaban J connectivity index is 1.96. The highest BCUT2D eigenvalue weighted by atomic mass is 32.2. The fraction of sp³-hybridized carbons (Fsp3) is 0.368. The molecule has 0 amide bonds. The molecule has 0 heterocycles. The van der Waals surface area contributed by atoms with Crippen molar-refractivity contribution in [1.82, 2.24) is 4.31 Å². The zero-order valence-corrected chi connectivity index (χ0v) is 16.1. The van der Waals surface area contributed by atoms with E-state index in [1.54, 1.807) is 38.5 Å². The summed E-state index contributed by atoms with van der Waals surface area (Å²) in [5.74, 6) is 1.34. The van der Waals surface area contributed by atoms with Gasteiger partial charge in [0.1, 0.15) is 11.5 Å². The van der Waals surface area contributed by atoms with Gasteiger partial charge in [-0.3, -0.25) is 0 Å². The number of methoxy groups -OCH3 is 2. The molecular weight excluding hydrogens is 354 g/mol. The molecule has 7 heteroatoms. The third-order valence-corrected chi connectivity index (χ3v) is 6.01. The summed E-state index contributed by atoms with van der Waals surface area (Å²) in [5, 5.41) is 10.3. The van der Waals surface area contributed by atoms with Crippen molar-refractivity contribution in [3.05, 3.63) is 59.7 Å². The Morgan fingerprint density at radius 3 is 2.31 bits per heavy atom. The number of aryl methyl sites for hydroxylation is 1. The first-order chi connectivity index (χ1) is 12.4. The SMILES string of the molecule is COc1ccc(C(O)CN(C)S(=O)(=O)CCc2cccc(OC)c2)cc1. The number of aliphatic hydroxyl groups is 1. The molecule has 1 atom stereocenters. The number of benzene rings is 2. The molecule has 142 valence electrons. The molecule has 0 saturated carbocycles. The lowest BCUT2D eigenvalue weighted by Gasteiger charge is -2.21. The van der Waals surface area contributed by atoms with E-state index in [1.165, 1.54) is 11.4 Å². The smallest absolute Gasteiger partial charge is 0.214 e. The number of rotatable bonds is 9. The molecule has 0 aliphatic carbocycles. The quantitative estimate of drug-likeness (QED) is 0.723. The molecular formula is C19H25NO5S. The number of sulfonamides is 1. The molecule has 2 aromatic rings. The number of likely N-dealkylation sites (N-methyl/N-ethyl adjacent to an activating group) is 1. The molecule has 0 radical (unpaired) electrons. The molecule has 6 nitrogen and oxygen atoms in total. The number of hydrogen-bond acceptors (Lipinski definition) is 5. The van der Waals surface area contributed by atoms with Gasteiger partial charge < -0.3 is 14.6 Å². The molecule has 1 unspecified atom stereocenters. The molecule has 0 aliphatic rings. The Kier molecular flexibility index (Phi) is 7.02. The Bertz CT molecular complexity index is 805. The maximum atomic E-state index is 12.5. The van der Waals surface area contributed by atoms with Gasteiger partial charge in [0.2, 0.25) is 10.0 Å². The first-order valence-corrected chi connectivity index (χ1v) is 9.85. The zero-order chi connectivity index (χ0) is 19.2. The molecule has 0 aliphatic heterocycles. The summed E-state index contributed by atoms with van der Waals surface area (Å²) >= 11 is 0. The zero-order valence-electron chi connectivity index (χ0n) is 15.3. The highest BCUT2D eigenvalue weighted by Gasteiger charge is 2.21. The third-order valence-electron chi connectivity index (χ3n) is 4.19. The average molecular weight is 379 g/mol. The van der Waals surface area contributed by atoms with E-state index in [0.717, 1.165) is 5.56 Å². The minimum atomic E-state index is -3.49. The van der Waals surface area contributed by atoms with Crippen LogP contribution in [0.25, 0.3) is 0 Å². The number of aliphatic hydroxyl groups excluding tert-OH is 1. The summed E-state index contributed by atoms with van der Waals surface area (Å²) in [6.07, 6.45) is -0.528. The van der Waals surface area contributed by atoms with Gasteiger partial charge in [-0.1, -0.05) is 24.3 Å². The van der Waals surface area contributed by atoms with Gasteiger partial charge in [-0.05, 0) is 41.8 Å². The predicted molar refractivity (Wildman–Crippen MR) is 101 cm³/mol. The van der Waals surface area contributed by atoms with Crippen molar-refractivity contribution in [2.24, 2.45) is 0 Å². The van der Waals surface area contributed by atoms with Gasteiger partial charge in [0, 0.05) is 13.6 Å². The molecule has 0 fully saturated rings. The van der Waals surface area contributed by atoms with Crippen molar-refractivity contribution in [3.8, 4) is 11.5 Å². The van der Waals surface area contributed by atoms with E-state index < -0.39 is 16.1 Å². The summed E-state index contributed by atoms with van der Waals surface area (Å²) in [6.45, 7) is -0.00717. The topological polar surface area (TPSA) is 76.1 Å². The standard InChI is InChI=1S/C19H25NO5S/c1-20(14-19(21)16-7-9-17(24-2)10-8-16)26(22,23)12-11-15-5-4-6-18(13-15)25-3/h4-10,13,19,21H,11-12,14H2,1-3H3. The molecule has 26 heavy (non-hydrogen) atoms. The van der Waals surface area contributed by atoms with Crippen LogP contribution in [0.3, 0.4) is 0 Å². The molecule has 2 aromatic carbocycles. The van der Waals surface area contributed by atoms with Crippen LogP contribution in [0.4, 0.5) is 0 Å². The summed E-state index contributed by atoms with van der Waals surface area (Å²) in [7, 11) is 1.13. The van der Waals surface area contributed by atoms with E-state index in [1.807, 2.05) is 24.3 Å². The van der Waals surface area contributed by atoms with Gasteiger partial charge >= 0.3 is 0 Å². The van der Waals surface area contributed by atoms with Crippen molar-refractivity contribution in [2.75, 3.05) is 33.6 Å². The fourth-order valence-electron chi connectivity index (χ4n) is 2.52. The number of ether oxygens (including phenoxy) is 2. The van der Waals surface area contributed by atoms with Crippen molar-refractivity contribution >= 4 is 10.0 Å². The molecule has 2 rings (SSSR count). The van der Waals surface area contributed by atoms with E-state index >= 15 is 0 Å². The van der Waals surface area contributed by atoms with Gasteiger partial charge in [0.05, 0.1) is 26.1 Å². The monoisotopic (exact) mass is 379 g/mol. The third kappa shape index (κ3) is 5.45. The molecule has 0 aromatic heterocycles. The minimum absolute atomic E-state index is 0.00717. The molecule has 0 spiro atoms. The number of hydrogen-bond donors (Lipinski definition) is 1. The van der Waals surface area contributed by atoms with E-state index in [9.17, 15) is 13.5 Å². The Hall–Kier alpha value is -2.09. The van der Waals surface area contributed by atoms with E-state index in [-0.39, 0.29) is 12.3 Å². The minimum Gasteiger partial charge on any atom is -0.497 e. The van der Waals surface area contributed by atoms with Crippen LogP contribution < -0.4 is 9.47 Å². The predicted octanol–water partition coefficient (Wildman–Crippen LogP) is 2.24. The van der Waals surface area contributed by atoms with Crippen LogP contribution >= 0.6 is 0 Å². The highest BCUT2D eigenvalue weighted by molar-refractivity contribution is 7.89. The van der Waals surface area contributed by atoms with Crippen LogP contribution in [0, 0.1) is 0 Å². The molecule has 0 bridgehead atoms. The van der Waals surface area contributed by atoms with Crippen LogP contribution in [0.5, 0.6) is 11.5 Å². The first-order valence-electron chi connectivity index (χ1n) is 8.24. The lowest BCUT2D eigenvalue weighted by Crippen LogP contribution is -2.33. The Labute approximate surface area is 155 Å². The summed E-state index contributed by atoms with van der Waals surface area (Å²) in [6, 6.07) is 14.2.